The van der Waals surface area contributed by atoms with E-state index < -0.39 is 5.97 Å². The Balaban J connectivity index is 0.00000180. The van der Waals surface area contributed by atoms with E-state index in [1.165, 1.54) is 7.11 Å². The fourth-order valence-corrected chi connectivity index (χ4v) is 1.78. The lowest BCUT2D eigenvalue weighted by molar-refractivity contribution is 0.0566. The van der Waals surface area contributed by atoms with Gasteiger partial charge in [-0.2, -0.15) is 0 Å². The van der Waals surface area contributed by atoms with Crippen LogP contribution in [-0.2, 0) is 4.74 Å². The number of carbonyl (C=O) groups excluding carboxylic acids is 1. The van der Waals surface area contributed by atoms with Crippen molar-refractivity contribution in [2.75, 3.05) is 14.2 Å². The molecule has 2 aromatic rings. The van der Waals surface area contributed by atoms with Gasteiger partial charge in [0.2, 0.25) is 5.76 Å². The average molecular weight is 285 g/mol. The first-order chi connectivity index (χ1) is 8.65. The van der Waals surface area contributed by atoms with Crippen molar-refractivity contribution in [3.63, 3.8) is 0 Å². The second-order valence-electron chi connectivity index (χ2n) is 3.50. The van der Waals surface area contributed by atoms with Crippen LogP contribution in [0.15, 0.2) is 34.7 Å². The number of esters is 1. The zero-order valence-electron chi connectivity index (χ0n) is 10.4. The summed E-state index contributed by atoms with van der Waals surface area (Å²) in [7, 11) is 2.85. The molecule has 0 aliphatic heterocycles. The highest BCUT2D eigenvalue weighted by atomic mass is 35.5. The molecule has 0 unspecified atom stereocenters. The Morgan fingerprint density at radius 1 is 1.21 bits per heavy atom. The molecule has 0 saturated heterocycles. The molecule has 0 saturated carbocycles. The molecule has 0 spiro atoms. The molecule has 0 atom stereocenters. The molecule has 1 aromatic heterocycles. The molecule has 0 amide bonds. The molecule has 1 heterocycles. The molecule has 0 fully saturated rings. The number of hydrogen-bond acceptors (Lipinski definition) is 4. The van der Waals surface area contributed by atoms with Gasteiger partial charge in [-0.15, -0.1) is 0 Å². The van der Waals surface area contributed by atoms with Crippen molar-refractivity contribution in [3.8, 4) is 17.1 Å². The Kier molecular flexibility index (Phi) is 4.97. The smallest absolute Gasteiger partial charge is 0.373 e. The van der Waals surface area contributed by atoms with Crippen molar-refractivity contribution in [3.05, 3.63) is 41.1 Å². The van der Waals surface area contributed by atoms with E-state index in [1.54, 1.807) is 37.4 Å². The van der Waals surface area contributed by atoms with Gasteiger partial charge in [-0.05, 0) is 30.3 Å². The van der Waals surface area contributed by atoms with Gasteiger partial charge in [0.15, 0.2) is 0 Å². The third-order valence-corrected chi connectivity index (χ3v) is 2.72. The highest BCUT2D eigenvalue weighted by molar-refractivity contribution is 6.32. The van der Waals surface area contributed by atoms with E-state index >= 15 is 0 Å². The Labute approximate surface area is 115 Å². The summed E-state index contributed by atoms with van der Waals surface area (Å²) in [6.07, 6.45) is 0. The van der Waals surface area contributed by atoms with Crippen molar-refractivity contribution in [2.24, 2.45) is 0 Å². The molecule has 2 N–H and O–H groups in total. The van der Waals surface area contributed by atoms with E-state index in [0.29, 0.717) is 16.5 Å². The van der Waals surface area contributed by atoms with E-state index in [0.717, 1.165) is 5.56 Å². The van der Waals surface area contributed by atoms with E-state index in [-0.39, 0.29) is 11.2 Å². The second-order valence-corrected chi connectivity index (χ2v) is 3.91. The van der Waals surface area contributed by atoms with Crippen molar-refractivity contribution in [1.29, 1.82) is 0 Å². The minimum absolute atomic E-state index is 0. The van der Waals surface area contributed by atoms with Gasteiger partial charge in [0.05, 0.1) is 19.2 Å². The van der Waals surface area contributed by atoms with E-state index in [1.807, 2.05) is 0 Å². The number of methoxy groups -OCH3 is 2. The van der Waals surface area contributed by atoms with Crippen LogP contribution in [0.3, 0.4) is 0 Å². The number of carbonyl (C=O) groups is 1. The summed E-state index contributed by atoms with van der Waals surface area (Å²) in [5.41, 5.74) is 0.760. The van der Waals surface area contributed by atoms with Gasteiger partial charge in [0.25, 0.3) is 0 Å². The summed E-state index contributed by atoms with van der Waals surface area (Å²) in [6, 6.07) is 8.48. The van der Waals surface area contributed by atoms with E-state index in [2.05, 4.69) is 4.74 Å². The van der Waals surface area contributed by atoms with Crippen molar-refractivity contribution < 1.29 is 24.2 Å². The van der Waals surface area contributed by atoms with Gasteiger partial charge >= 0.3 is 5.97 Å². The Morgan fingerprint density at radius 3 is 2.53 bits per heavy atom. The van der Waals surface area contributed by atoms with E-state index in [9.17, 15) is 4.79 Å². The normalized spacial score (nSPS) is 9.63. The first kappa shape index (κ1) is 15.1. The quantitative estimate of drug-likeness (QED) is 0.811. The summed E-state index contributed by atoms with van der Waals surface area (Å²) in [6.45, 7) is 0. The molecule has 2 rings (SSSR count). The fraction of sp³-hybridized carbons (Fsp3) is 0.154. The van der Waals surface area contributed by atoms with Crippen LogP contribution in [0.1, 0.15) is 10.6 Å². The van der Waals surface area contributed by atoms with Gasteiger partial charge in [0, 0.05) is 5.56 Å². The molecule has 1 aromatic carbocycles. The molecule has 0 aliphatic carbocycles. The van der Waals surface area contributed by atoms with Crippen molar-refractivity contribution in [1.82, 2.24) is 0 Å². The Hall–Kier alpha value is -1.98. The first-order valence-electron chi connectivity index (χ1n) is 5.17. The summed E-state index contributed by atoms with van der Waals surface area (Å²) in [4.78, 5) is 11.3. The fourth-order valence-electron chi connectivity index (χ4n) is 1.52. The van der Waals surface area contributed by atoms with E-state index in [4.69, 9.17) is 20.8 Å². The molecule has 102 valence electrons. The summed E-state index contributed by atoms with van der Waals surface area (Å²) < 4.78 is 15.0. The Morgan fingerprint density at radius 2 is 1.95 bits per heavy atom. The maximum atomic E-state index is 11.3. The number of furan rings is 1. The van der Waals surface area contributed by atoms with Gasteiger partial charge in [0.1, 0.15) is 11.5 Å². The molecule has 6 heteroatoms. The molecular weight excluding hydrogens is 272 g/mol. The molecular formula is C13H13ClO5. The number of benzene rings is 1. The van der Waals surface area contributed by atoms with Crippen LogP contribution in [0.2, 0.25) is 5.02 Å². The number of halogens is 1. The maximum Gasteiger partial charge on any atom is 0.373 e. The number of hydrogen-bond donors (Lipinski definition) is 0. The molecule has 5 nitrogen and oxygen atoms in total. The average Bonchev–Trinajstić information content (AvgIpc) is 2.87. The molecule has 0 radical (unpaired) electrons. The third kappa shape index (κ3) is 3.07. The van der Waals surface area contributed by atoms with Crippen LogP contribution in [0, 0.1) is 0 Å². The predicted octanol–water partition coefficient (Wildman–Crippen LogP) is 2.57. The largest absolute Gasteiger partial charge is 0.495 e. The monoisotopic (exact) mass is 284 g/mol. The SMILES string of the molecule is COC(=O)c1ccc(-c2ccc(OC)c(Cl)c2)o1.O. The standard InChI is InChI=1S/C13H11ClO4.H2O/c1-16-11-4-3-8(7-9(11)14)10-5-6-12(18-10)13(15)17-2;/h3-7H,1-2H3;1H2. The summed E-state index contributed by atoms with van der Waals surface area (Å²) >= 11 is 6.02. The second kappa shape index (κ2) is 6.26. The number of ether oxygens (including phenoxy) is 2. The number of rotatable bonds is 3. The van der Waals surface area contributed by atoms with Gasteiger partial charge in [-0.3, -0.25) is 0 Å². The third-order valence-electron chi connectivity index (χ3n) is 2.43. The lowest BCUT2D eigenvalue weighted by atomic mass is 10.2. The van der Waals surface area contributed by atoms with Gasteiger partial charge < -0.3 is 19.4 Å². The minimum atomic E-state index is -0.513. The Bertz CT molecular complexity index is 576. The van der Waals surface area contributed by atoms with Crippen LogP contribution in [0.5, 0.6) is 5.75 Å². The molecule has 19 heavy (non-hydrogen) atoms. The zero-order valence-corrected chi connectivity index (χ0v) is 11.2. The lowest BCUT2D eigenvalue weighted by Gasteiger charge is -2.04. The lowest BCUT2D eigenvalue weighted by Crippen LogP contribution is -1.98. The molecule has 0 aliphatic rings. The summed E-state index contributed by atoms with van der Waals surface area (Å²) in [5, 5.41) is 0.478. The van der Waals surface area contributed by atoms with Crippen molar-refractivity contribution >= 4 is 17.6 Å². The predicted molar refractivity (Wildman–Crippen MR) is 70.7 cm³/mol. The van der Waals surface area contributed by atoms with Crippen LogP contribution in [0.4, 0.5) is 0 Å². The minimum Gasteiger partial charge on any atom is -0.495 e. The maximum absolute atomic E-state index is 11.3. The van der Waals surface area contributed by atoms with Crippen molar-refractivity contribution in [2.45, 2.75) is 0 Å². The van der Waals surface area contributed by atoms with Gasteiger partial charge in [-0.1, -0.05) is 11.6 Å². The molecule has 0 bridgehead atoms. The summed E-state index contributed by atoms with van der Waals surface area (Å²) in [5.74, 6) is 0.764. The highest BCUT2D eigenvalue weighted by Crippen LogP contribution is 2.31. The zero-order chi connectivity index (χ0) is 13.1. The highest BCUT2D eigenvalue weighted by Gasteiger charge is 2.13. The van der Waals surface area contributed by atoms with Gasteiger partial charge in [-0.25, -0.2) is 4.79 Å². The van der Waals surface area contributed by atoms with Crippen LogP contribution < -0.4 is 4.74 Å². The van der Waals surface area contributed by atoms with Crippen LogP contribution in [-0.4, -0.2) is 25.7 Å². The van der Waals surface area contributed by atoms with Crippen LogP contribution in [0.25, 0.3) is 11.3 Å². The van der Waals surface area contributed by atoms with Crippen LogP contribution >= 0.6 is 11.6 Å². The topological polar surface area (TPSA) is 80.2 Å². The first-order valence-corrected chi connectivity index (χ1v) is 5.55.